The van der Waals surface area contributed by atoms with Gasteiger partial charge in [0, 0.05) is 8.07 Å². The molecule has 2 heteroatoms. The van der Waals surface area contributed by atoms with Crippen LogP contribution in [-0.2, 0) is 0 Å². The highest BCUT2D eigenvalue weighted by atomic mass is 28.4. The van der Waals surface area contributed by atoms with Crippen LogP contribution in [0, 0.1) is 0 Å². The third-order valence-electron chi connectivity index (χ3n) is 4.26. The second-order valence-electron chi connectivity index (χ2n) is 7.25. The summed E-state index contributed by atoms with van der Waals surface area (Å²) < 4.78 is 0. The lowest BCUT2D eigenvalue weighted by Crippen LogP contribution is -2.43. The van der Waals surface area contributed by atoms with Crippen molar-refractivity contribution in [2.24, 2.45) is 0 Å². The van der Waals surface area contributed by atoms with Crippen molar-refractivity contribution in [2.75, 3.05) is 0 Å². The minimum Gasteiger partial charge on any atom is -0.0912 e. The minimum atomic E-state index is -1.04. The van der Waals surface area contributed by atoms with Gasteiger partial charge >= 0.3 is 0 Å². The highest BCUT2D eigenvalue weighted by molar-refractivity contribution is 6.96. The lowest BCUT2D eigenvalue weighted by Gasteiger charge is -2.37. The van der Waals surface area contributed by atoms with Crippen LogP contribution in [0.2, 0.25) is 43.9 Å². The molecule has 0 amide bonds. The van der Waals surface area contributed by atoms with Gasteiger partial charge in [-0.25, -0.2) is 0 Å². The van der Waals surface area contributed by atoms with Gasteiger partial charge in [0.05, 0.1) is 8.07 Å². The number of unbranched alkanes of at least 4 members (excludes halogenated alkanes) is 3. The maximum Gasteiger partial charge on any atom is 0.0513 e. The molecule has 0 aromatic rings. The van der Waals surface area contributed by atoms with Crippen molar-refractivity contribution in [3.05, 3.63) is 12.2 Å². The van der Waals surface area contributed by atoms with Gasteiger partial charge in [0.25, 0.3) is 0 Å². The van der Waals surface area contributed by atoms with Gasteiger partial charge in [-0.3, -0.25) is 0 Å². The molecule has 0 aliphatic heterocycles. The van der Waals surface area contributed by atoms with Crippen LogP contribution < -0.4 is 0 Å². The predicted molar refractivity (Wildman–Crippen MR) is 88.3 cm³/mol. The van der Waals surface area contributed by atoms with E-state index in [4.69, 9.17) is 0 Å². The zero-order chi connectivity index (χ0) is 13.5. The standard InChI is InChI=1S/C15H34Si2/c1-8-9-10-11-12-13-14-17(6,7)15(2)16(3,4)5/h12-13,15H,8-11,14H2,1-7H3. The smallest absolute Gasteiger partial charge is 0.0513 e. The van der Waals surface area contributed by atoms with Gasteiger partial charge < -0.3 is 0 Å². The highest BCUT2D eigenvalue weighted by Crippen LogP contribution is 2.34. The molecule has 0 rings (SSSR count). The minimum absolute atomic E-state index is 0.949. The van der Waals surface area contributed by atoms with Crippen molar-refractivity contribution in [1.82, 2.24) is 0 Å². The number of hydrogen-bond acceptors (Lipinski definition) is 0. The van der Waals surface area contributed by atoms with E-state index in [9.17, 15) is 0 Å². The van der Waals surface area contributed by atoms with E-state index < -0.39 is 16.1 Å². The molecule has 0 aromatic carbocycles. The van der Waals surface area contributed by atoms with E-state index in [0.29, 0.717) is 0 Å². The molecule has 0 fully saturated rings. The Morgan fingerprint density at radius 3 is 2.00 bits per heavy atom. The highest BCUT2D eigenvalue weighted by Gasteiger charge is 2.36. The third kappa shape index (κ3) is 7.25. The first-order valence-corrected chi connectivity index (χ1v) is 14.2. The lowest BCUT2D eigenvalue weighted by molar-refractivity contribution is 0.729. The molecule has 0 spiro atoms. The maximum absolute atomic E-state index is 2.58. The van der Waals surface area contributed by atoms with Crippen molar-refractivity contribution >= 4 is 16.1 Å². The topological polar surface area (TPSA) is 0 Å². The molecular formula is C15H34Si2. The summed E-state index contributed by atoms with van der Waals surface area (Å²) in [5.41, 5.74) is 0. The molecule has 0 aliphatic carbocycles. The fourth-order valence-corrected chi connectivity index (χ4v) is 13.2. The number of allylic oxidation sites excluding steroid dienone is 2. The molecule has 0 N–H and O–H groups in total. The van der Waals surface area contributed by atoms with Crippen molar-refractivity contribution in [3.8, 4) is 0 Å². The molecule has 17 heavy (non-hydrogen) atoms. The van der Waals surface area contributed by atoms with Gasteiger partial charge in [0.1, 0.15) is 0 Å². The molecule has 102 valence electrons. The summed E-state index contributed by atoms with van der Waals surface area (Å²) in [6.07, 6.45) is 10.3. The van der Waals surface area contributed by atoms with Gasteiger partial charge in [0.2, 0.25) is 0 Å². The second-order valence-corrected chi connectivity index (χ2v) is 18.7. The predicted octanol–water partition coefficient (Wildman–Crippen LogP) is 6.10. The van der Waals surface area contributed by atoms with Crippen LogP contribution in [-0.4, -0.2) is 16.1 Å². The van der Waals surface area contributed by atoms with Gasteiger partial charge in [-0.1, -0.05) is 76.7 Å². The third-order valence-corrected chi connectivity index (χ3v) is 15.4. The van der Waals surface area contributed by atoms with Crippen molar-refractivity contribution in [3.63, 3.8) is 0 Å². The normalized spacial score (nSPS) is 15.5. The summed E-state index contributed by atoms with van der Waals surface area (Å²) in [5.74, 6) is 0. The van der Waals surface area contributed by atoms with E-state index in [1.165, 1.54) is 31.7 Å². The summed E-state index contributed by atoms with van der Waals surface area (Å²) in [7, 11) is -1.99. The molecule has 0 radical (unpaired) electrons. The Morgan fingerprint density at radius 1 is 0.941 bits per heavy atom. The molecule has 0 nitrogen and oxygen atoms in total. The van der Waals surface area contributed by atoms with Crippen LogP contribution >= 0.6 is 0 Å². The largest absolute Gasteiger partial charge is 0.0912 e. The average Bonchev–Trinajstić information content (AvgIpc) is 2.20. The Labute approximate surface area is 112 Å². The van der Waals surface area contributed by atoms with Crippen LogP contribution in [0.4, 0.5) is 0 Å². The summed E-state index contributed by atoms with van der Waals surface area (Å²) in [4.78, 5) is 0. The van der Waals surface area contributed by atoms with Gasteiger partial charge in [-0.2, -0.15) is 0 Å². The van der Waals surface area contributed by atoms with Crippen molar-refractivity contribution < 1.29 is 0 Å². The molecule has 0 saturated heterocycles. The monoisotopic (exact) mass is 270 g/mol. The number of rotatable bonds is 8. The lowest BCUT2D eigenvalue weighted by atomic mass is 10.2. The van der Waals surface area contributed by atoms with Crippen LogP contribution in [0.15, 0.2) is 12.2 Å². The van der Waals surface area contributed by atoms with Crippen LogP contribution in [0.1, 0.15) is 39.5 Å². The molecule has 1 atom stereocenters. The van der Waals surface area contributed by atoms with Crippen molar-refractivity contribution in [2.45, 2.75) is 83.5 Å². The SMILES string of the molecule is CCCCCC=CC[Si](C)(C)C(C)[Si](C)(C)C. The molecule has 0 aliphatic rings. The molecular weight excluding hydrogens is 236 g/mol. The van der Waals surface area contributed by atoms with Crippen LogP contribution in [0.25, 0.3) is 0 Å². The maximum atomic E-state index is 2.58. The fourth-order valence-electron chi connectivity index (χ4n) is 2.37. The van der Waals surface area contributed by atoms with Gasteiger partial charge in [0.15, 0.2) is 0 Å². The van der Waals surface area contributed by atoms with E-state index >= 15 is 0 Å². The van der Waals surface area contributed by atoms with E-state index in [0.717, 1.165) is 5.16 Å². The van der Waals surface area contributed by atoms with E-state index in [1.807, 2.05) is 0 Å². The Bertz CT molecular complexity index is 224. The van der Waals surface area contributed by atoms with E-state index in [1.54, 1.807) is 0 Å². The molecule has 0 aromatic heterocycles. The summed E-state index contributed by atoms with van der Waals surface area (Å²) in [5, 5.41) is 1.01. The first-order chi connectivity index (χ1) is 7.72. The Hall–Kier alpha value is 0.174. The molecule has 0 saturated carbocycles. The Morgan fingerprint density at radius 2 is 1.53 bits per heavy atom. The van der Waals surface area contributed by atoms with Crippen LogP contribution in [0.3, 0.4) is 0 Å². The Kier molecular flexibility index (Phi) is 7.65. The van der Waals surface area contributed by atoms with Crippen molar-refractivity contribution in [1.29, 1.82) is 0 Å². The van der Waals surface area contributed by atoms with E-state index in [2.05, 4.69) is 58.7 Å². The zero-order valence-electron chi connectivity index (χ0n) is 13.3. The first-order valence-electron chi connectivity index (χ1n) is 7.37. The number of hydrogen-bond donors (Lipinski definition) is 0. The molecule has 0 heterocycles. The first kappa shape index (κ1) is 17.2. The summed E-state index contributed by atoms with van der Waals surface area (Å²) in [6, 6.07) is 1.38. The van der Waals surface area contributed by atoms with Gasteiger partial charge in [-0.15, -0.1) is 0 Å². The quantitative estimate of drug-likeness (QED) is 0.284. The zero-order valence-corrected chi connectivity index (χ0v) is 15.3. The summed E-state index contributed by atoms with van der Waals surface area (Å²) >= 11 is 0. The molecule has 0 bridgehead atoms. The van der Waals surface area contributed by atoms with E-state index in [-0.39, 0.29) is 0 Å². The Balaban J connectivity index is 4.09. The summed E-state index contributed by atoms with van der Waals surface area (Å²) in [6.45, 7) is 17.5. The van der Waals surface area contributed by atoms with Crippen LogP contribution in [0.5, 0.6) is 0 Å². The second kappa shape index (κ2) is 7.57. The fraction of sp³-hybridized carbons (Fsp3) is 0.867. The molecule has 1 unspecified atom stereocenters. The average molecular weight is 271 g/mol. The van der Waals surface area contributed by atoms with Gasteiger partial charge in [-0.05, 0) is 18.9 Å².